The maximum absolute atomic E-state index is 10.2. The largest absolute Gasteiger partial charge is 0.477 e. The third-order valence-corrected chi connectivity index (χ3v) is 5.78. The van der Waals surface area contributed by atoms with Crippen LogP contribution in [0.4, 0.5) is 0 Å². The van der Waals surface area contributed by atoms with Crippen molar-refractivity contribution in [3.63, 3.8) is 0 Å². The number of benzene rings is 1. The van der Waals surface area contributed by atoms with Crippen LogP contribution in [-0.4, -0.2) is 50.1 Å². The lowest BCUT2D eigenvalue weighted by Crippen LogP contribution is -2.38. The Morgan fingerprint density at radius 2 is 1.86 bits per heavy atom. The summed E-state index contributed by atoms with van der Waals surface area (Å²) in [5.74, 6) is 1.51. The molecule has 1 saturated carbocycles. The van der Waals surface area contributed by atoms with Crippen molar-refractivity contribution >= 4 is 11.0 Å². The minimum atomic E-state index is -0.735. The van der Waals surface area contributed by atoms with Gasteiger partial charge in [0.1, 0.15) is 5.82 Å². The van der Waals surface area contributed by atoms with Crippen LogP contribution in [0.1, 0.15) is 24.4 Å². The maximum Gasteiger partial charge on any atom is 0.213 e. The van der Waals surface area contributed by atoms with Gasteiger partial charge in [0, 0.05) is 30.8 Å². The predicted octanol–water partition coefficient (Wildman–Crippen LogP) is 1.95. The molecule has 1 fully saturated rings. The lowest BCUT2D eigenvalue weighted by atomic mass is 9.86. The number of imidazole rings is 1. The highest BCUT2D eigenvalue weighted by molar-refractivity contribution is 5.75. The molecule has 3 N–H and O–H groups in total. The molecule has 7 heteroatoms. The monoisotopic (exact) mass is 396 g/mol. The van der Waals surface area contributed by atoms with Crippen LogP contribution < -0.4 is 10.1 Å². The summed E-state index contributed by atoms with van der Waals surface area (Å²) in [6, 6.07) is 13.7. The van der Waals surface area contributed by atoms with E-state index in [1.54, 1.807) is 0 Å². The number of aryl methyl sites for hydroxylation is 2. The molecule has 2 aromatic heterocycles. The Bertz CT molecular complexity index is 977. The molecular weight excluding hydrogens is 368 g/mol. The van der Waals surface area contributed by atoms with Gasteiger partial charge in [0.15, 0.2) is 0 Å². The van der Waals surface area contributed by atoms with E-state index in [4.69, 9.17) is 9.72 Å². The van der Waals surface area contributed by atoms with Gasteiger partial charge in [0.2, 0.25) is 5.88 Å². The van der Waals surface area contributed by atoms with E-state index in [0.717, 1.165) is 22.6 Å². The zero-order valence-electron chi connectivity index (χ0n) is 16.9. The number of hydrogen-bond donors (Lipinski definition) is 3. The first-order valence-electron chi connectivity index (χ1n) is 9.99. The molecule has 1 aromatic carbocycles. The van der Waals surface area contributed by atoms with Crippen LogP contribution in [0, 0.1) is 12.3 Å². The highest BCUT2D eigenvalue weighted by atomic mass is 16.5. The minimum Gasteiger partial charge on any atom is -0.477 e. The van der Waals surface area contributed by atoms with Gasteiger partial charge in [0.25, 0.3) is 0 Å². The summed E-state index contributed by atoms with van der Waals surface area (Å²) in [6.07, 6.45) is -0.506. The van der Waals surface area contributed by atoms with Crippen molar-refractivity contribution in [2.75, 3.05) is 13.2 Å². The Labute approximate surface area is 170 Å². The zero-order valence-corrected chi connectivity index (χ0v) is 16.9. The van der Waals surface area contributed by atoms with Crippen LogP contribution in [0.5, 0.6) is 5.88 Å². The Kier molecular flexibility index (Phi) is 5.54. The summed E-state index contributed by atoms with van der Waals surface area (Å²) >= 11 is 0. The second kappa shape index (κ2) is 8.10. The zero-order chi connectivity index (χ0) is 20.4. The molecule has 7 nitrogen and oxygen atoms in total. The fraction of sp³-hybridized carbons (Fsp3) is 0.455. The molecule has 29 heavy (non-hydrogen) atoms. The molecule has 0 spiro atoms. The van der Waals surface area contributed by atoms with Crippen molar-refractivity contribution in [2.24, 2.45) is 12.5 Å². The number of fused-ring (bicyclic) bond motifs is 1. The van der Waals surface area contributed by atoms with Gasteiger partial charge in [-0.1, -0.05) is 18.2 Å². The summed E-state index contributed by atoms with van der Waals surface area (Å²) in [4.78, 5) is 9.08. The molecular formula is C22H28N4O3. The molecule has 4 rings (SSSR count). The number of rotatable bonds is 7. The summed E-state index contributed by atoms with van der Waals surface area (Å²) in [7, 11) is 2.01. The standard InChI is InChI=1S/C22H28N4O3/c1-15-6-5-9-21(24-15)29-14-22(10-18(27)19(28)11-22)13-23-12-20-25-16-7-3-4-8-17(16)26(20)2/h3-9,18-19,23,27-28H,10-14H2,1-2H3/t18-,19+,22?. The topological polar surface area (TPSA) is 92.4 Å². The highest BCUT2D eigenvalue weighted by Gasteiger charge is 2.44. The first-order valence-corrected chi connectivity index (χ1v) is 9.99. The summed E-state index contributed by atoms with van der Waals surface area (Å²) in [6.45, 7) is 3.51. The second-order valence-electron chi connectivity index (χ2n) is 8.13. The van der Waals surface area contributed by atoms with Gasteiger partial charge < -0.3 is 24.8 Å². The van der Waals surface area contributed by atoms with Crippen LogP contribution in [0.3, 0.4) is 0 Å². The number of aliphatic hydroxyl groups is 2. The van der Waals surface area contributed by atoms with E-state index in [0.29, 0.717) is 38.4 Å². The number of aromatic nitrogens is 3. The van der Waals surface area contributed by atoms with Crippen LogP contribution in [0.2, 0.25) is 0 Å². The Hall–Kier alpha value is -2.48. The Morgan fingerprint density at radius 3 is 2.59 bits per heavy atom. The average Bonchev–Trinajstić information content (AvgIpc) is 3.17. The molecule has 3 aromatic rings. The van der Waals surface area contributed by atoms with Crippen LogP contribution in [-0.2, 0) is 13.6 Å². The number of hydrogen-bond acceptors (Lipinski definition) is 6. The molecule has 0 aliphatic heterocycles. The number of para-hydroxylation sites is 2. The SMILES string of the molecule is Cc1cccc(OCC2(CNCc3nc4ccccc4n3C)C[C@@H](O)[C@@H](O)C2)n1. The first kappa shape index (κ1) is 19.8. The normalized spacial score (nSPS) is 24.3. The number of pyridine rings is 1. The molecule has 0 amide bonds. The molecule has 1 aliphatic rings. The molecule has 1 aliphatic carbocycles. The predicted molar refractivity (Wildman–Crippen MR) is 111 cm³/mol. The molecule has 0 saturated heterocycles. The lowest BCUT2D eigenvalue weighted by molar-refractivity contribution is 0.0438. The number of aliphatic hydroxyl groups excluding tert-OH is 2. The van der Waals surface area contributed by atoms with Gasteiger partial charge in [0.05, 0.1) is 36.4 Å². The van der Waals surface area contributed by atoms with E-state index >= 15 is 0 Å². The van der Waals surface area contributed by atoms with Gasteiger partial charge >= 0.3 is 0 Å². The number of ether oxygens (including phenoxy) is 1. The molecule has 0 bridgehead atoms. The van der Waals surface area contributed by atoms with Gasteiger partial charge in [-0.15, -0.1) is 0 Å². The van der Waals surface area contributed by atoms with Crippen LogP contribution in [0.25, 0.3) is 11.0 Å². The summed E-state index contributed by atoms with van der Waals surface area (Å²) in [5.41, 5.74) is 2.60. The van der Waals surface area contributed by atoms with E-state index in [-0.39, 0.29) is 5.41 Å². The number of nitrogens with zero attached hydrogens (tertiary/aromatic N) is 3. The Morgan fingerprint density at radius 1 is 1.10 bits per heavy atom. The average molecular weight is 396 g/mol. The number of nitrogens with one attached hydrogen (secondary N) is 1. The van der Waals surface area contributed by atoms with Crippen LogP contribution in [0.15, 0.2) is 42.5 Å². The summed E-state index contributed by atoms with van der Waals surface area (Å²) in [5, 5.41) is 23.8. The molecule has 3 atom stereocenters. The third kappa shape index (κ3) is 4.27. The van der Waals surface area contributed by atoms with Crippen molar-refractivity contribution in [1.29, 1.82) is 0 Å². The van der Waals surface area contributed by atoms with Gasteiger partial charge in [-0.25, -0.2) is 9.97 Å². The molecule has 0 radical (unpaired) electrons. The fourth-order valence-electron chi connectivity index (χ4n) is 4.17. The Balaban J connectivity index is 1.43. The van der Waals surface area contributed by atoms with E-state index in [9.17, 15) is 10.2 Å². The quantitative estimate of drug-likeness (QED) is 0.565. The van der Waals surface area contributed by atoms with E-state index in [2.05, 4.69) is 20.9 Å². The summed E-state index contributed by atoms with van der Waals surface area (Å²) < 4.78 is 8.03. The van der Waals surface area contributed by atoms with E-state index in [1.807, 2.05) is 50.4 Å². The minimum absolute atomic E-state index is 0.366. The van der Waals surface area contributed by atoms with Crippen molar-refractivity contribution in [3.8, 4) is 5.88 Å². The molecule has 2 heterocycles. The van der Waals surface area contributed by atoms with Gasteiger partial charge in [-0.2, -0.15) is 0 Å². The van der Waals surface area contributed by atoms with Crippen molar-refractivity contribution in [2.45, 2.75) is 38.5 Å². The van der Waals surface area contributed by atoms with E-state index < -0.39 is 12.2 Å². The lowest BCUT2D eigenvalue weighted by Gasteiger charge is -2.29. The molecule has 1 unspecified atom stereocenters. The molecule has 154 valence electrons. The maximum atomic E-state index is 10.2. The smallest absolute Gasteiger partial charge is 0.213 e. The van der Waals surface area contributed by atoms with Gasteiger partial charge in [-0.3, -0.25) is 0 Å². The second-order valence-corrected chi connectivity index (χ2v) is 8.13. The van der Waals surface area contributed by atoms with Crippen molar-refractivity contribution in [3.05, 3.63) is 54.0 Å². The van der Waals surface area contributed by atoms with E-state index in [1.165, 1.54) is 0 Å². The third-order valence-electron chi connectivity index (χ3n) is 5.78. The first-order chi connectivity index (χ1) is 14.0. The highest BCUT2D eigenvalue weighted by Crippen LogP contribution is 2.38. The fourth-order valence-corrected chi connectivity index (χ4v) is 4.17. The van der Waals surface area contributed by atoms with Gasteiger partial charge in [-0.05, 0) is 38.0 Å². The van der Waals surface area contributed by atoms with Crippen molar-refractivity contribution in [1.82, 2.24) is 19.9 Å². The van der Waals surface area contributed by atoms with Crippen LogP contribution >= 0.6 is 0 Å². The van der Waals surface area contributed by atoms with Crippen molar-refractivity contribution < 1.29 is 14.9 Å².